The Kier molecular flexibility index (Phi) is 3.35. The minimum atomic E-state index is -3.61. The van der Waals surface area contributed by atoms with E-state index in [1.807, 2.05) is 18.2 Å². The molecule has 0 spiro atoms. The monoisotopic (exact) mass is 298 g/mol. The van der Waals surface area contributed by atoms with Crippen LogP contribution in [0.1, 0.15) is 5.56 Å². The fraction of sp³-hybridized carbons (Fsp3) is 0.0625. The van der Waals surface area contributed by atoms with Crippen molar-refractivity contribution in [2.75, 3.05) is 4.72 Å². The second-order valence-corrected chi connectivity index (χ2v) is 6.40. The van der Waals surface area contributed by atoms with Gasteiger partial charge < -0.3 is 0 Å². The molecule has 3 rings (SSSR count). The van der Waals surface area contributed by atoms with Gasteiger partial charge in [-0.25, -0.2) is 8.42 Å². The van der Waals surface area contributed by atoms with Crippen molar-refractivity contribution in [3.05, 3.63) is 66.4 Å². The summed E-state index contributed by atoms with van der Waals surface area (Å²) in [6.07, 6.45) is 1.68. The van der Waals surface area contributed by atoms with E-state index in [9.17, 15) is 8.42 Å². The summed E-state index contributed by atoms with van der Waals surface area (Å²) in [6.45, 7) is 1.78. The van der Waals surface area contributed by atoms with E-state index in [0.29, 0.717) is 11.3 Å². The van der Waals surface area contributed by atoms with Gasteiger partial charge in [-0.05, 0) is 42.8 Å². The van der Waals surface area contributed by atoms with Gasteiger partial charge in [0.1, 0.15) is 0 Å². The molecule has 0 aliphatic heterocycles. The molecule has 0 bridgehead atoms. The Morgan fingerprint density at radius 1 is 0.952 bits per heavy atom. The summed E-state index contributed by atoms with van der Waals surface area (Å²) in [6, 6.07) is 15.9. The lowest BCUT2D eigenvalue weighted by atomic mass is 10.2. The van der Waals surface area contributed by atoms with Crippen LogP contribution in [0.3, 0.4) is 0 Å². The van der Waals surface area contributed by atoms with Crippen molar-refractivity contribution in [3.63, 3.8) is 0 Å². The fourth-order valence-electron chi connectivity index (χ4n) is 2.25. The van der Waals surface area contributed by atoms with Crippen LogP contribution in [0.15, 0.2) is 65.7 Å². The van der Waals surface area contributed by atoms with Crippen LogP contribution in [-0.2, 0) is 10.0 Å². The van der Waals surface area contributed by atoms with Gasteiger partial charge in [-0.3, -0.25) is 9.71 Å². The zero-order valence-electron chi connectivity index (χ0n) is 11.4. The van der Waals surface area contributed by atoms with E-state index in [4.69, 9.17) is 0 Å². The lowest BCUT2D eigenvalue weighted by Gasteiger charge is -2.12. The largest absolute Gasteiger partial charge is 0.279 e. The van der Waals surface area contributed by atoms with E-state index in [2.05, 4.69) is 9.71 Å². The number of fused-ring (bicyclic) bond motifs is 1. The summed E-state index contributed by atoms with van der Waals surface area (Å²) >= 11 is 0. The molecule has 0 atom stereocenters. The van der Waals surface area contributed by atoms with Crippen molar-refractivity contribution in [1.82, 2.24) is 4.98 Å². The van der Waals surface area contributed by atoms with Crippen LogP contribution < -0.4 is 4.72 Å². The van der Waals surface area contributed by atoms with Gasteiger partial charge in [0.25, 0.3) is 10.0 Å². The van der Waals surface area contributed by atoms with Crippen LogP contribution >= 0.6 is 0 Å². The minimum Gasteiger partial charge on any atom is -0.279 e. The van der Waals surface area contributed by atoms with Gasteiger partial charge in [0.2, 0.25) is 0 Å². The second-order valence-electron chi connectivity index (χ2n) is 4.75. The van der Waals surface area contributed by atoms with E-state index in [1.165, 1.54) is 0 Å². The van der Waals surface area contributed by atoms with E-state index < -0.39 is 10.0 Å². The Balaban J connectivity index is 2.08. The molecule has 0 saturated carbocycles. The molecule has 21 heavy (non-hydrogen) atoms. The number of aromatic nitrogens is 1. The first-order chi connectivity index (χ1) is 10.1. The van der Waals surface area contributed by atoms with Crippen LogP contribution in [0.5, 0.6) is 0 Å². The van der Waals surface area contributed by atoms with Gasteiger partial charge in [-0.1, -0.05) is 24.3 Å². The number of hydrogen-bond acceptors (Lipinski definition) is 3. The number of nitrogens with zero attached hydrogens (tertiary/aromatic N) is 1. The Morgan fingerprint density at radius 3 is 2.57 bits per heavy atom. The molecule has 1 aromatic heterocycles. The third-order valence-corrected chi connectivity index (χ3v) is 4.80. The number of benzene rings is 2. The highest BCUT2D eigenvalue weighted by atomic mass is 32.2. The molecule has 4 nitrogen and oxygen atoms in total. The van der Waals surface area contributed by atoms with Crippen molar-refractivity contribution in [2.45, 2.75) is 11.8 Å². The highest BCUT2D eigenvalue weighted by Gasteiger charge is 2.17. The number of hydrogen-bond donors (Lipinski definition) is 1. The van der Waals surface area contributed by atoms with Crippen molar-refractivity contribution >= 4 is 26.6 Å². The molecule has 5 heteroatoms. The van der Waals surface area contributed by atoms with Gasteiger partial charge in [-0.2, -0.15) is 0 Å². The first kappa shape index (κ1) is 13.6. The van der Waals surface area contributed by atoms with Gasteiger partial charge in [0.15, 0.2) is 0 Å². The standard InChI is InChI=1S/C16H14N2O2S/c1-12-6-2-3-10-16(12)21(19,20)18-15-9-4-8-14-13(15)7-5-11-17-14/h2-11,18H,1H3. The summed E-state index contributed by atoms with van der Waals surface area (Å²) in [5, 5.41) is 0.775. The third-order valence-electron chi connectivity index (χ3n) is 3.27. The Morgan fingerprint density at radius 2 is 1.76 bits per heavy atom. The minimum absolute atomic E-state index is 0.283. The van der Waals surface area contributed by atoms with Crippen LogP contribution in [0.4, 0.5) is 5.69 Å². The number of sulfonamides is 1. The molecule has 0 aliphatic rings. The van der Waals surface area contributed by atoms with Gasteiger partial charge in [0, 0.05) is 11.6 Å². The maximum atomic E-state index is 12.5. The average molecular weight is 298 g/mol. The molecule has 2 aromatic carbocycles. The first-order valence-electron chi connectivity index (χ1n) is 6.50. The molecule has 1 N–H and O–H groups in total. The number of aryl methyl sites for hydroxylation is 1. The molecule has 0 unspecified atom stereocenters. The molecular weight excluding hydrogens is 284 g/mol. The van der Waals surface area contributed by atoms with Crippen molar-refractivity contribution in [3.8, 4) is 0 Å². The lowest BCUT2D eigenvalue weighted by molar-refractivity contribution is 0.600. The summed E-state index contributed by atoms with van der Waals surface area (Å²) in [5.74, 6) is 0. The van der Waals surface area contributed by atoms with Crippen molar-refractivity contribution < 1.29 is 8.42 Å². The number of anilines is 1. The molecule has 3 aromatic rings. The molecule has 1 heterocycles. The number of rotatable bonds is 3. The summed E-state index contributed by atoms with van der Waals surface area (Å²) in [4.78, 5) is 4.51. The third kappa shape index (κ3) is 2.60. The summed E-state index contributed by atoms with van der Waals surface area (Å²) in [5.41, 5.74) is 2.00. The summed E-state index contributed by atoms with van der Waals surface area (Å²) < 4.78 is 27.7. The Hall–Kier alpha value is -2.40. The number of pyridine rings is 1. The molecule has 0 amide bonds. The predicted octanol–water partition coefficient (Wildman–Crippen LogP) is 3.34. The Bertz CT molecular complexity index is 900. The highest BCUT2D eigenvalue weighted by molar-refractivity contribution is 7.92. The van der Waals surface area contributed by atoms with Gasteiger partial charge >= 0.3 is 0 Å². The zero-order valence-corrected chi connectivity index (χ0v) is 12.3. The fourth-order valence-corrected chi connectivity index (χ4v) is 3.58. The molecule has 0 saturated heterocycles. The number of nitrogens with one attached hydrogen (secondary N) is 1. The Labute approximate surface area is 123 Å². The van der Waals surface area contributed by atoms with Crippen LogP contribution in [-0.4, -0.2) is 13.4 Å². The molecular formula is C16H14N2O2S. The summed E-state index contributed by atoms with van der Waals surface area (Å²) in [7, 11) is -3.61. The maximum Gasteiger partial charge on any atom is 0.262 e. The predicted molar refractivity (Wildman–Crippen MR) is 83.7 cm³/mol. The van der Waals surface area contributed by atoms with Crippen LogP contribution in [0.25, 0.3) is 10.9 Å². The van der Waals surface area contributed by atoms with E-state index in [1.54, 1.807) is 49.5 Å². The van der Waals surface area contributed by atoms with Crippen molar-refractivity contribution in [1.29, 1.82) is 0 Å². The molecule has 106 valence electrons. The van der Waals surface area contributed by atoms with Crippen molar-refractivity contribution in [2.24, 2.45) is 0 Å². The lowest BCUT2D eigenvalue weighted by Crippen LogP contribution is -2.14. The van der Waals surface area contributed by atoms with Gasteiger partial charge in [-0.15, -0.1) is 0 Å². The van der Waals surface area contributed by atoms with E-state index in [-0.39, 0.29) is 4.90 Å². The molecule has 0 aliphatic carbocycles. The van der Waals surface area contributed by atoms with Crippen LogP contribution in [0.2, 0.25) is 0 Å². The topological polar surface area (TPSA) is 59.1 Å². The van der Waals surface area contributed by atoms with E-state index >= 15 is 0 Å². The first-order valence-corrected chi connectivity index (χ1v) is 7.98. The van der Waals surface area contributed by atoms with Crippen LogP contribution in [0, 0.1) is 6.92 Å². The SMILES string of the molecule is Cc1ccccc1S(=O)(=O)Nc1cccc2ncccc12. The second kappa shape index (κ2) is 5.18. The highest BCUT2D eigenvalue weighted by Crippen LogP contribution is 2.25. The normalized spacial score (nSPS) is 11.5. The molecule has 0 radical (unpaired) electrons. The zero-order chi connectivity index (χ0) is 14.9. The van der Waals surface area contributed by atoms with Gasteiger partial charge in [0.05, 0.1) is 16.1 Å². The smallest absolute Gasteiger partial charge is 0.262 e. The maximum absolute atomic E-state index is 12.5. The average Bonchev–Trinajstić information content (AvgIpc) is 2.47. The molecule has 0 fully saturated rings. The van der Waals surface area contributed by atoms with E-state index in [0.717, 1.165) is 10.9 Å². The quantitative estimate of drug-likeness (QED) is 0.806.